The number of hydrogen-bond acceptors (Lipinski definition) is 6. The van der Waals surface area contributed by atoms with Gasteiger partial charge in [0, 0.05) is 6.54 Å². The summed E-state index contributed by atoms with van der Waals surface area (Å²) < 4.78 is 0. The lowest BCUT2D eigenvalue weighted by molar-refractivity contribution is -0.143. The van der Waals surface area contributed by atoms with Gasteiger partial charge < -0.3 is 32.1 Å². The number of nitrogens with one attached hydrogen (secondary N) is 2. The van der Waals surface area contributed by atoms with E-state index in [1.54, 1.807) is 6.92 Å². The Morgan fingerprint density at radius 3 is 2.40 bits per heavy atom. The van der Waals surface area contributed by atoms with Crippen LogP contribution in [0.3, 0.4) is 0 Å². The van der Waals surface area contributed by atoms with E-state index in [0.717, 1.165) is 12.8 Å². The van der Waals surface area contributed by atoms with Gasteiger partial charge in [0.1, 0.15) is 18.1 Å². The summed E-state index contributed by atoms with van der Waals surface area (Å²) in [5, 5.41) is 14.2. The first-order valence-electron chi connectivity index (χ1n) is 10.7. The molecule has 1 aliphatic heterocycles. The fourth-order valence-electron chi connectivity index (χ4n) is 3.46. The molecule has 0 spiro atoms. The van der Waals surface area contributed by atoms with Crippen molar-refractivity contribution in [3.63, 3.8) is 0 Å². The van der Waals surface area contributed by atoms with E-state index in [2.05, 4.69) is 10.6 Å². The second-order valence-electron chi connectivity index (χ2n) is 8.02. The Hall–Kier alpha value is -2.20. The van der Waals surface area contributed by atoms with Gasteiger partial charge in [-0.1, -0.05) is 26.7 Å². The molecule has 1 aliphatic rings. The van der Waals surface area contributed by atoms with Crippen molar-refractivity contribution >= 4 is 23.7 Å². The van der Waals surface area contributed by atoms with Crippen molar-refractivity contribution in [2.24, 2.45) is 17.4 Å². The van der Waals surface area contributed by atoms with Crippen molar-refractivity contribution in [2.75, 3.05) is 13.1 Å². The Balaban J connectivity index is 2.82. The maximum atomic E-state index is 12.9. The maximum absolute atomic E-state index is 12.9. The molecule has 3 amide bonds. The molecule has 0 radical (unpaired) electrons. The first kappa shape index (κ1) is 25.8. The lowest BCUT2D eigenvalue weighted by Crippen LogP contribution is -2.58. The van der Waals surface area contributed by atoms with E-state index in [9.17, 15) is 19.2 Å². The molecule has 10 heteroatoms. The Morgan fingerprint density at radius 2 is 1.83 bits per heavy atom. The number of likely N-dealkylation sites (tertiary alicyclic amines) is 1. The van der Waals surface area contributed by atoms with Crippen molar-refractivity contribution < 1.29 is 24.3 Å². The smallest absolute Gasteiger partial charge is 0.325 e. The lowest BCUT2D eigenvalue weighted by atomic mass is 9.97. The summed E-state index contributed by atoms with van der Waals surface area (Å²) in [5.41, 5.74) is 11.5. The Morgan fingerprint density at radius 1 is 1.17 bits per heavy atom. The van der Waals surface area contributed by atoms with Crippen molar-refractivity contribution in [3.05, 3.63) is 0 Å². The molecule has 5 unspecified atom stereocenters. The minimum atomic E-state index is -1.16. The molecular weight excluding hydrogens is 390 g/mol. The van der Waals surface area contributed by atoms with Crippen LogP contribution in [-0.4, -0.2) is 71.0 Å². The summed E-state index contributed by atoms with van der Waals surface area (Å²) >= 11 is 0. The number of carboxylic acid groups (broad SMARTS) is 1. The van der Waals surface area contributed by atoms with E-state index in [1.165, 1.54) is 11.8 Å². The number of aliphatic carboxylic acids is 1. The van der Waals surface area contributed by atoms with E-state index in [0.29, 0.717) is 38.8 Å². The van der Waals surface area contributed by atoms with Gasteiger partial charge in [0.05, 0.1) is 6.04 Å². The van der Waals surface area contributed by atoms with Crippen LogP contribution in [0.15, 0.2) is 0 Å². The molecule has 30 heavy (non-hydrogen) atoms. The van der Waals surface area contributed by atoms with Crippen LogP contribution in [0.25, 0.3) is 0 Å². The summed E-state index contributed by atoms with van der Waals surface area (Å²) in [5.74, 6) is -2.61. The van der Waals surface area contributed by atoms with Crippen molar-refractivity contribution in [3.8, 4) is 0 Å². The van der Waals surface area contributed by atoms with Crippen LogP contribution >= 0.6 is 0 Å². The van der Waals surface area contributed by atoms with Crippen LogP contribution < -0.4 is 22.1 Å². The molecule has 1 heterocycles. The molecule has 10 nitrogen and oxygen atoms in total. The second-order valence-corrected chi connectivity index (χ2v) is 8.02. The summed E-state index contributed by atoms with van der Waals surface area (Å²) in [6, 6.07) is -3.33. The predicted molar refractivity (Wildman–Crippen MR) is 112 cm³/mol. The van der Waals surface area contributed by atoms with Crippen molar-refractivity contribution in [2.45, 2.75) is 83.5 Å². The zero-order valence-corrected chi connectivity index (χ0v) is 18.2. The first-order chi connectivity index (χ1) is 14.1. The van der Waals surface area contributed by atoms with Gasteiger partial charge in [-0.15, -0.1) is 0 Å². The van der Waals surface area contributed by atoms with Crippen LogP contribution in [-0.2, 0) is 19.2 Å². The summed E-state index contributed by atoms with van der Waals surface area (Å²) in [6.07, 6.45) is 3.81. The van der Waals surface area contributed by atoms with Gasteiger partial charge in [0.15, 0.2) is 0 Å². The van der Waals surface area contributed by atoms with E-state index < -0.39 is 42.0 Å². The van der Waals surface area contributed by atoms with E-state index in [-0.39, 0.29) is 11.8 Å². The highest BCUT2D eigenvalue weighted by molar-refractivity contribution is 5.94. The normalized spacial score (nSPS) is 20.2. The standard InChI is InChI=1S/C20H37N5O5/c1-4-12(2)16(18(27)23-13(3)20(29)30)24-17(26)15-9-7-11-25(15)19(28)14(22)8-5-6-10-21/h12-16H,4-11,21-22H2,1-3H3,(H,23,27)(H,24,26)(H,29,30). The average Bonchev–Trinajstić information content (AvgIpc) is 3.20. The van der Waals surface area contributed by atoms with Gasteiger partial charge in [-0.25, -0.2) is 0 Å². The third kappa shape index (κ3) is 7.24. The van der Waals surface area contributed by atoms with Crippen LogP contribution in [0.4, 0.5) is 0 Å². The predicted octanol–water partition coefficient (Wildman–Crippen LogP) is -0.446. The molecule has 7 N–H and O–H groups in total. The number of nitrogens with two attached hydrogens (primary N) is 2. The van der Waals surface area contributed by atoms with Crippen molar-refractivity contribution in [1.29, 1.82) is 0 Å². The summed E-state index contributed by atoms with van der Waals surface area (Å²) in [4.78, 5) is 50.8. The molecule has 0 aromatic rings. The quantitative estimate of drug-likeness (QED) is 0.263. The highest BCUT2D eigenvalue weighted by Gasteiger charge is 2.38. The number of nitrogens with zero attached hydrogens (tertiary/aromatic N) is 1. The summed E-state index contributed by atoms with van der Waals surface area (Å²) in [6.45, 7) is 6.02. The number of unbranched alkanes of at least 4 members (excludes halogenated alkanes) is 1. The van der Waals surface area contributed by atoms with Crippen LogP contribution in [0.5, 0.6) is 0 Å². The highest BCUT2D eigenvalue weighted by atomic mass is 16.4. The first-order valence-corrected chi connectivity index (χ1v) is 10.7. The largest absolute Gasteiger partial charge is 0.480 e. The SMILES string of the molecule is CCC(C)C(NC(=O)C1CCCN1C(=O)C(N)CCCCN)C(=O)NC(C)C(=O)O. The van der Waals surface area contributed by atoms with Gasteiger partial charge in [0.25, 0.3) is 0 Å². The third-order valence-corrected chi connectivity index (χ3v) is 5.65. The number of hydrogen-bond donors (Lipinski definition) is 5. The second kappa shape index (κ2) is 12.5. The zero-order chi connectivity index (χ0) is 22.8. The molecule has 1 rings (SSSR count). The number of carbonyl (C=O) groups excluding carboxylic acids is 3. The monoisotopic (exact) mass is 427 g/mol. The van der Waals surface area contributed by atoms with E-state index in [1.807, 2.05) is 6.92 Å². The Bertz CT molecular complexity index is 614. The zero-order valence-electron chi connectivity index (χ0n) is 18.2. The summed E-state index contributed by atoms with van der Waals surface area (Å²) in [7, 11) is 0. The minimum absolute atomic E-state index is 0.209. The molecule has 0 aliphatic carbocycles. The fourth-order valence-corrected chi connectivity index (χ4v) is 3.46. The van der Waals surface area contributed by atoms with Crippen molar-refractivity contribution in [1.82, 2.24) is 15.5 Å². The molecule has 5 atom stereocenters. The molecule has 0 saturated carbocycles. The van der Waals surface area contributed by atoms with Crippen LogP contribution in [0.1, 0.15) is 59.3 Å². The highest BCUT2D eigenvalue weighted by Crippen LogP contribution is 2.20. The molecule has 0 aromatic carbocycles. The third-order valence-electron chi connectivity index (χ3n) is 5.65. The van der Waals surface area contributed by atoms with Gasteiger partial charge in [0.2, 0.25) is 17.7 Å². The van der Waals surface area contributed by atoms with Gasteiger partial charge >= 0.3 is 5.97 Å². The average molecular weight is 428 g/mol. The Labute approximate surface area is 178 Å². The maximum Gasteiger partial charge on any atom is 0.325 e. The van der Waals surface area contributed by atoms with Gasteiger partial charge in [-0.3, -0.25) is 19.2 Å². The minimum Gasteiger partial charge on any atom is -0.480 e. The molecule has 0 bridgehead atoms. The number of carboxylic acids is 1. The van der Waals surface area contributed by atoms with Crippen LogP contribution in [0.2, 0.25) is 0 Å². The molecule has 0 aromatic heterocycles. The lowest BCUT2D eigenvalue weighted by Gasteiger charge is -2.30. The van der Waals surface area contributed by atoms with E-state index >= 15 is 0 Å². The molecular formula is C20H37N5O5. The van der Waals surface area contributed by atoms with Gasteiger partial charge in [-0.05, 0) is 45.1 Å². The number of rotatable bonds is 12. The number of amides is 3. The molecule has 1 fully saturated rings. The molecule has 1 saturated heterocycles. The van der Waals surface area contributed by atoms with E-state index in [4.69, 9.17) is 16.6 Å². The number of carbonyl (C=O) groups is 4. The van der Waals surface area contributed by atoms with Crippen LogP contribution in [0, 0.1) is 5.92 Å². The Kier molecular flexibility index (Phi) is 10.8. The molecule has 172 valence electrons. The van der Waals surface area contributed by atoms with Gasteiger partial charge in [-0.2, -0.15) is 0 Å². The topological polar surface area (TPSA) is 168 Å². The fraction of sp³-hybridized carbons (Fsp3) is 0.800.